The van der Waals surface area contributed by atoms with Crippen molar-refractivity contribution in [1.82, 2.24) is 19.6 Å². The number of hydrogen-bond acceptors (Lipinski definition) is 4. The van der Waals surface area contributed by atoms with Crippen LogP contribution in [0.4, 0.5) is 0 Å². The molecule has 2 aromatic heterocycles. The van der Waals surface area contributed by atoms with E-state index in [9.17, 15) is 0 Å². The largest absolute Gasteiger partial charge is 0.472 e. The van der Waals surface area contributed by atoms with E-state index in [4.69, 9.17) is 4.42 Å². The van der Waals surface area contributed by atoms with E-state index in [1.807, 2.05) is 18.5 Å². The van der Waals surface area contributed by atoms with E-state index in [-0.39, 0.29) is 0 Å². The lowest BCUT2D eigenvalue weighted by molar-refractivity contribution is 0.109. The third-order valence-electron chi connectivity index (χ3n) is 5.40. The molecule has 2 fully saturated rings. The third kappa shape index (κ3) is 2.71. The zero-order valence-electron chi connectivity index (χ0n) is 13.1. The van der Waals surface area contributed by atoms with Crippen molar-refractivity contribution < 1.29 is 4.42 Å². The molecular formula is C17H24N4O. The third-order valence-corrected chi connectivity index (χ3v) is 5.40. The van der Waals surface area contributed by atoms with Crippen LogP contribution in [0.15, 0.2) is 41.5 Å². The van der Waals surface area contributed by atoms with Crippen molar-refractivity contribution in [2.75, 3.05) is 20.1 Å². The molecule has 0 radical (unpaired) electrons. The second-order valence-electron chi connectivity index (χ2n) is 6.77. The maximum absolute atomic E-state index is 5.19. The van der Waals surface area contributed by atoms with Crippen molar-refractivity contribution in [3.63, 3.8) is 0 Å². The molecule has 0 aliphatic carbocycles. The summed E-state index contributed by atoms with van der Waals surface area (Å²) < 4.78 is 7.26. The summed E-state index contributed by atoms with van der Waals surface area (Å²) in [6, 6.07) is 5.44. The predicted molar refractivity (Wildman–Crippen MR) is 84.3 cm³/mol. The number of likely N-dealkylation sites (tertiary alicyclic amines) is 2. The maximum atomic E-state index is 5.19. The summed E-state index contributed by atoms with van der Waals surface area (Å²) in [7, 11) is 2.30. The molecule has 4 heterocycles. The summed E-state index contributed by atoms with van der Waals surface area (Å²) in [5.74, 6) is 0.784. The van der Waals surface area contributed by atoms with Crippen molar-refractivity contribution in [3.8, 4) is 0 Å². The molecule has 0 spiro atoms. The van der Waals surface area contributed by atoms with Gasteiger partial charge in [-0.2, -0.15) is 5.10 Å². The van der Waals surface area contributed by atoms with Crippen LogP contribution in [0.3, 0.4) is 0 Å². The Balaban J connectivity index is 1.38. The fraction of sp³-hybridized carbons (Fsp3) is 0.588. The minimum absolute atomic E-state index is 0.615. The van der Waals surface area contributed by atoms with Crippen molar-refractivity contribution in [1.29, 1.82) is 0 Å². The predicted octanol–water partition coefficient (Wildman–Crippen LogP) is 2.07. The standard InChI is InChI=1S/C17H24N4O/c1-19-16(12-21-6-2-5-18-21)9-15-11-20(7-3-17(15)19)10-14-4-8-22-13-14/h2,4-6,8,13,15-17H,3,7,9-12H2,1H3/t15-,16+,17+/m1/s1. The molecule has 0 unspecified atom stereocenters. The van der Waals surface area contributed by atoms with Gasteiger partial charge in [0.2, 0.25) is 0 Å². The number of aromatic nitrogens is 2. The number of fused-ring (bicyclic) bond motifs is 1. The fourth-order valence-electron chi connectivity index (χ4n) is 4.26. The highest BCUT2D eigenvalue weighted by Crippen LogP contribution is 2.35. The summed E-state index contributed by atoms with van der Waals surface area (Å²) in [6.07, 6.45) is 10.1. The second kappa shape index (κ2) is 5.89. The lowest BCUT2D eigenvalue weighted by Crippen LogP contribution is -2.45. The first-order valence-electron chi connectivity index (χ1n) is 8.22. The highest BCUT2D eigenvalue weighted by atomic mass is 16.3. The Morgan fingerprint density at radius 3 is 3.14 bits per heavy atom. The van der Waals surface area contributed by atoms with Gasteiger partial charge in [-0.05, 0) is 44.5 Å². The van der Waals surface area contributed by atoms with Crippen molar-refractivity contribution in [2.45, 2.75) is 38.0 Å². The van der Waals surface area contributed by atoms with E-state index in [1.165, 1.54) is 31.5 Å². The van der Waals surface area contributed by atoms with Crippen molar-refractivity contribution >= 4 is 0 Å². The molecule has 0 aromatic carbocycles. The van der Waals surface area contributed by atoms with E-state index in [0.717, 1.165) is 25.0 Å². The Morgan fingerprint density at radius 2 is 2.36 bits per heavy atom. The van der Waals surface area contributed by atoms with Crippen LogP contribution in [0.25, 0.3) is 0 Å². The highest BCUT2D eigenvalue weighted by molar-refractivity contribution is 5.06. The molecular weight excluding hydrogens is 276 g/mol. The normalized spacial score (nSPS) is 29.8. The van der Waals surface area contributed by atoms with E-state index < -0.39 is 0 Å². The SMILES string of the molecule is CN1[C@H](Cn2cccn2)C[C@@H]2CN(Cc3ccoc3)CC[C@@H]21. The molecule has 2 aliphatic rings. The lowest BCUT2D eigenvalue weighted by atomic mass is 9.92. The zero-order chi connectivity index (χ0) is 14.9. The van der Waals surface area contributed by atoms with Gasteiger partial charge in [0.05, 0.1) is 19.1 Å². The van der Waals surface area contributed by atoms with Crippen LogP contribution in [-0.4, -0.2) is 51.8 Å². The molecule has 3 atom stereocenters. The van der Waals surface area contributed by atoms with Gasteiger partial charge in [0.25, 0.3) is 0 Å². The molecule has 5 nitrogen and oxygen atoms in total. The molecule has 118 valence electrons. The Kier molecular flexibility index (Phi) is 3.76. The Morgan fingerprint density at radius 1 is 1.41 bits per heavy atom. The van der Waals surface area contributed by atoms with E-state index in [1.54, 1.807) is 6.26 Å². The van der Waals surface area contributed by atoms with Gasteiger partial charge in [0.1, 0.15) is 0 Å². The van der Waals surface area contributed by atoms with Gasteiger partial charge in [-0.1, -0.05) is 0 Å². The number of furan rings is 1. The first-order chi connectivity index (χ1) is 10.8. The number of hydrogen-bond donors (Lipinski definition) is 0. The number of piperidine rings is 1. The summed E-state index contributed by atoms with van der Waals surface area (Å²) in [5.41, 5.74) is 1.29. The Bertz CT molecular complexity index is 578. The van der Waals surface area contributed by atoms with Crippen LogP contribution in [0.5, 0.6) is 0 Å². The first-order valence-corrected chi connectivity index (χ1v) is 8.22. The van der Waals surface area contributed by atoms with Crippen LogP contribution in [0, 0.1) is 5.92 Å². The van der Waals surface area contributed by atoms with Crippen molar-refractivity contribution in [3.05, 3.63) is 42.6 Å². The lowest BCUT2D eigenvalue weighted by Gasteiger charge is -2.37. The first kappa shape index (κ1) is 14.0. The average molecular weight is 300 g/mol. The molecule has 0 bridgehead atoms. The van der Waals surface area contributed by atoms with Gasteiger partial charge in [-0.3, -0.25) is 14.5 Å². The molecule has 2 aromatic rings. The summed E-state index contributed by atoms with van der Waals surface area (Å²) in [5, 5.41) is 4.37. The molecule has 0 amide bonds. The van der Waals surface area contributed by atoms with Crippen LogP contribution in [0.2, 0.25) is 0 Å². The van der Waals surface area contributed by atoms with Crippen LogP contribution >= 0.6 is 0 Å². The van der Waals surface area contributed by atoms with Gasteiger partial charge in [-0.15, -0.1) is 0 Å². The van der Waals surface area contributed by atoms with Gasteiger partial charge >= 0.3 is 0 Å². The van der Waals surface area contributed by atoms with Gasteiger partial charge < -0.3 is 4.42 Å². The highest BCUT2D eigenvalue weighted by Gasteiger charge is 2.41. The minimum atomic E-state index is 0.615. The zero-order valence-corrected chi connectivity index (χ0v) is 13.1. The van der Waals surface area contributed by atoms with Gasteiger partial charge in [0.15, 0.2) is 0 Å². The van der Waals surface area contributed by atoms with Crippen LogP contribution in [-0.2, 0) is 13.1 Å². The van der Waals surface area contributed by atoms with Crippen molar-refractivity contribution in [2.24, 2.45) is 5.92 Å². The van der Waals surface area contributed by atoms with Gasteiger partial charge in [0, 0.05) is 43.1 Å². The summed E-state index contributed by atoms with van der Waals surface area (Å²) in [4.78, 5) is 5.18. The smallest absolute Gasteiger partial charge is 0.0947 e. The minimum Gasteiger partial charge on any atom is -0.472 e. The Hall–Kier alpha value is -1.59. The van der Waals surface area contributed by atoms with E-state index >= 15 is 0 Å². The summed E-state index contributed by atoms with van der Waals surface area (Å²) >= 11 is 0. The number of likely N-dealkylation sites (N-methyl/N-ethyl adjacent to an activating group) is 1. The van der Waals surface area contributed by atoms with Crippen LogP contribution < -0.4 is 0 Å². The number of rotatable bonds is 4. The molecule has 4 rings (SSSR count). The maximum Gasteiger partial charge on any atom is 0.0947 e. The molecule has 2 aliphatic heterocycles. The molecule has 0 N–H and O–H groups in total. The van der Waals surface area contributed by atoms with Crippen LogP contribution in [0.1, 0.15) is 18.4 Å². The second-order valence-corrected chi connectivity index (χ2v) is 6.77. The molecule has 5 heteroatoms. The number of nitrogens with zero attached hydrogens (tertiary/aromatic N) is 4. The van der Waals surface area contributed by atoms with E-state index in [0.29, 0.717) is 6.04 Å². The molecule has 22 heavy (non-hydrogen) atoms. The summed E-state index contributed by atoms with van der Waals surface area (Å²) in [6.45, 7) is 4.42. The monoisotopic (exact) mass is 300 g/mol. The molecule has 2 saturated heterocycles. The topological polar surface area (TPSA) is 37.4 Å². The fourth-order valence-corrected chi connectivity index (χ4v) is 4.26. The van der Waals surface area contributed by atoms with E-state index in [2.05, 4.69) is 38.9 Å². The Labute approximate surface area is 131 Å². The quantitative estimate of drug-likeness (QED) is 0.866. The molecule has 0 saturated carbocycles. The van der Waals surface area contributed by atoms with Gasteiger partial charge in [-0.25, -0.2) is 0 Å². The average Bonchev–Trinajstić information content (AvgIpc) is 3.24.